The van der Waals surface area contributed by atoms with E-state index in [1.165, 1.54) is 36.5 Å². The number of carbonyl (C=O) groups is 2. The molecule has 0 saturated heterocycles. The third kappa shape index (κ3) is 1.95. The molecule has 0 amide bonds. The topological polar surface area (TPSA) is 87.2 Å². The number of hydrogen-bond acceptors (Lipinski definition) is 5. The molecule has 0 aliphatic heterocycles. The molecule has 2 N–H and O–H groups in total. The SMILES string of the molecule is COC(=O)c1cccc(C(=O)n2ccnc2)c1N. The Morgan fingerprint density at radius 1 is 1.33 bits per heavy atom. The molecule has 1 heterocycles. The van der Waals surface area contributed by atoms with Crippen molar-refractivity contribution >= 4 is 17.6 Å². The van der Waals surface area contributed by atoms with Gasteiger partial charge >= 0.3 is 5.97 Å². The van der Waals surface area contributed by atoms with Gasteiger partial charge in [0, 0.05) is 12.4 Å². The van der Waals surface area contributed by atoms with Crippen LogP contribution in [0.4, 0.5) is 5.69 Å². The monoisotopic (exact) mass is 245 g/mol. The first-order chi connectivity index (χ1) is 8.65. The molecular weight excluding hydrogens is 234 g/mol. The van der Waals surface area contributed by atoms with Crippen LogP contribution in [0.15, 0.2) is 36.9 Å². The maximum Gasteiger partial charge on any atom is 0.339 e. The molecule has 2 aromatic rings. The Hall–Kier alpha value is -2.63. The first kappa shape index (κ1) is 11.8. The number of para-hydroxylation sites is 1. The Morgan fingerprint density at radius 3 is 2.67 bits per heavy atom. The molecule has 0 spiro atoms. The third-order valence-electron chi connectivity index (χ3n) is 2.48. The molecule has 18 heavy (non-hydrogen) atoms. The van der Waals surface area contributed by atoms with E-state index < -0.39 is 5.97 Å². The minimum Gasteiger partial charge on any atom is -0.465 e. The third-order valence-corrected chi connectivity index (χ3v) is 2.48. The quantitative estimate of drug-likeness (QED) is 0.628. The average molecular weight is 245 g/mol. The van der Waals surface area contributed by atoms with E-state index in [0.717, 1.165) is 0 Å². The molecule has 1 aromatic heterocycles. The fraction of sp³-hybridized carbons (Fsp3) is 0.0833. The number of esters is 1. The van der Waals surface area contributed by atoms with Crippen LogP contribution in [0.25, 0.3) is 0 Å². The van der Waals surface area contributed by atoms with Gasteiger partial charge in [0.15, 0.2) is 0 Å². The van der Waals surface area contributed by atoms with Gasteiger partial charge in [-0.05, 0) is 12.1 Å². The number of aromatic nitrogens is 2. The van der Waals surface area contributed by atoms with Gasteiger partial charge < -0.3 is 10.5 Å². The highest BCUT2D eigenvalue weighted by Gasteiger charge is 2.17. The van der Waals surface area contributed by atoms with E-state index in [1.807, 2.05) is 0 Å². The molecule has 0 bridgehead atoms. The molecule has 0 radical (unpaired) electrons. The summed E-state index contributed by atoms with van der Waals surface area (Å²) >= 11 is 0. The number of nitrogens with two attached hydrogens (primary N) is 1. The van der Waals surface area contributed by atoms with Crippen molar-refractivity contribution in [3.8, 4) is 0 Å². The van der Waals surface area contributed by atoms with Gasteiger partial charge in [0.05, 0.1) is 23.9 Å². The van der Waals surface area contributed by atoms with Crippen LogP contribution in [-0.4, -0.2) is 28.5 Å². The van der Waals surface area contributed by atoms with E-state index in [2.05, 4.69) is 9.72 Å². The smallest absolute Gasteiger partial charge is 0.339 e. The molecule has 0 unspecified atom stereocenters. The summed E-state index contributed by atoms with van der Waals surface area (Å²) in [6.45, 7) is 0. The van der Waals surface area contributed by atoms with Crippen molar-refractivity contribution < 1.29 is 14.3 Å². The number of hydrogen-bond donors (Lipinski definition) is 1. The zero-order valence-corrected chi connectivity index (χ0v) is 9.66. The summed E-state index contributed by atoms with van der Waals surface area (Å²) in [4.78, 5) is 27.3. The molecule has 6 heteroatoms. The molecule has 1 aromatic carbocycles. The maximum atomic E-state index is 12.1. The fourth-order valence-electron chi connectivity index (χ4n) is 1.56. The predicted molar refractivity (Wildman–Crippen MR) is 64.1 cm³/mol. The van der Waals surface area contributed by atoms with Crippen LogP contribution in [0, 0.1) is 0 Å². The lowest BCUT2D eigenvalue weighted by atomic mass is 10.1. The highest BCUT2D eigenvalue weighted by molar-refractivity contribution is 6.06. The number of benzene rings is 1. The summed E-state index contributed by atoms with van der Waals surface area (Å²) in [5, 5.41) is 0. The Bertz CT molecular complexity index is 591. The van der Waals surface area contributed by atoms with Gasteiger partial charge in [-0.2, -0.15) is 0 Å². The van der Waals surface area contributed by atoms with E-state index >= 15 is 0 Å². The minimum absolute atomic E-state index is 0.100. The summed E-state index contributed by atoms with van der Waals surface area (Å²) in [7, 11) is 1.26. The van der Waals surface area contributed by atoms with Crippen LogP contribution in [0.5, 0.6) is 0 Å². The number of nitrogen functional groups attached to an aromatic ring is 1. The van der Waals surface area contributed by atoms with Crippen molar-refractivity contribution in [1.82, 2.24) is 9.55 Å². The molecule has 0 aliphatic carbocycles. The predicted octanol–water partition coefficient (Wildman–Crippen LogP) is 0.940. The van der Waals surface area contributed by atoms with Gasteiger partial charge in [-0.3, -0.25) is 9.36 Å². The van der Waals surface area contributed by atoms with Crippen LogP contribution in [0.2, 0.25) is 0 Å². The first-order valence-corrected chi connectivity index (χ1v) is 5.14. The summed E-state index contributed by atoms with van der Waals surface area (Å²) < 4.78 is 5.88. The Labute approximate surface area is 103 Å². The van der Waals surface area contributed by atoms with Crippen molar-refractivity contribution in [2.45, 2.75) is 0 Å². The zero-order chi connectivity index (χ0) is 13.1. The van der Waals surface area contributed by atoms with Crippen molar-refractivity contribution in [1.29, 1.82) is 0 Å². The van der Waals surface area contributed by atoms with Gasteiger partial charge in [-0.25, -0.2) is 9.78 Å². The van der Waals surface area contributed by atoms with E-state index in [1.54, 1.807) is 12.1 Å². The maximum absolute atomic E-state index is 12.1. The van der Waals surface area contributed by atoms with Crippen LogP contribution >= 0.6 is 0 Å². The number of anilines is 1. The molecule has 0 saturated carbocycles. The summed E-state index contributed by atoms with van der Waals surface area (Å²) in [6.07, 6.45) is 4.36. The molecule has 0 fully saturated rings. The number of carbonyl (C=O) groups excluding carboxylic acids is 2. The highest BCUT2D eigenvalue weighted by atomic mass is 16.5. The van der Waals surface area contributed by atoms with E-state index in [-0.39, 0.29) is 22.7 Å². The van der Waals surface area contributed by atoms with Crippen molar-refractivity contribution in [3.63, 3.8) is 0 Å². The van der Waals surface area contributed by atoms with E-state index in [0.29, 0.717) is 0 Å². The van der Waals surface area contributed by atoms with Gasteiger partial charge in [-0.1, -0.05) is 6.07 Å². The van der Waals surface area contributed by atoms with Crippen LogP contribution < -0.4 is 5.73 Å². The number of rotatable bonds is 2. The molecular formula is C12H11N3O3. The molecule has 92 valence electrons. The second-order valence-corrected chi connectivity index (χ2v) is 3.53. The molecule has 0 atom stereocenters. The van der Waals surface area contributed by atoms with Gasteiger partial charge in [0.1, 0.15) is 6.33 Å². The van der Waals surface area contributed by atoms with Gasteiger partial charge in [-0.15, -0.1) is 0 Å². The first-order valence-electron chi connectivity index (χ1n) is 5.14. The second kappa shape index (κ2) is 4.70. The largest absolute Gasteiger partial charge is 0.465 e. The number of nitrogens with zero attached hydrogens (tertiary/aromatic N) is 2. The number of ether oxygens (including phenoxy) is 1. The Balaban J connectivity index is 2.47. The van der Waals surface area contributed by atoms with Crippen LogP contribution in [0.1, 0.15) is 20.7 Å². The molecule has 0 aliphatic rings. The molecule has 2 rings (SSSR count). The van der Waals surface area contributed by atoms with Gasteiger partial charge in [0.2, 0.25) is 0 Å². The number of imidazole rings is 1. The highest BCUT2D eigenvalue weighted by Crippen LogP contribution is 2.19. The van der Waals surface area contributed by atoms with Crippen molar-refractivity contribution in [2.75, 3.05) is 12.8 Å². The standard InChI is InChI=1S/C12H11N3O3/c1-18-12(17)9-4-2-3-8(10(9)13)11(16)15-6-5-14-7-15/h2-7H,13H2,1H3. The Morgan fingerprint density at radius 2 is 2.06 bits per heavy atom. The van der Waals surface area contributed by atoms with Crippen LogP contribution in [0.3, 0.4) is 0 Å². The summed E-state index contributed by atoms with van der Waals surface area (Å²) in [6, 6.07) is 4.63. The number of methoxy groups -OCH3 is 1. The summed E-state index contributed by atoms with van der Waals surface area (Å²) in [5.74, 6) is -0.927. The lowest BCUT2D eigenvalue weighted by Crippen LogP contribution is -2.15. The summed E-state index contributed by atoms with van der Waals surface area (Å²) in [5.41, 5.74) is 6.31. The molecule has 6 nitrogen and oxygen atoms in total. The Kier molecular flexibility index (Phi) is 3.09. The van der Waals surface area contributed by atoms with Crippen LogP contribution in [-0.2, 0) is 4.74 Å². The minimum atomic E-state index is -0.576. The van der Waals surface area contributed by atoms with Gasteiger partial charge in [0.25, 0.3) is 5.91 Å². The lowest BCUT2D eigenvalue weighted by molar-refractivity contribution is 0.0602. The second-order valence-electron chi connectivity index (χ2n) is 3.53. The fourth-order valence-corrected chi connectivity index (χ4v) is 1.56. The van der Waals surface area contributed by atoms with Crippen molar-refractivity contribution in [3.05, 3.63) is 48.0 Å². The van der Waals surface area contributed by atoms with Crippen molar-refractivity contribution in [2.24, 2.45) is 0 Å². The zero-order valence-electron chi connectivity index (χ0n) is 9.66. The van der Waals surface area contributed by atoms with E-state index in [9.17, 15) is 9.59 Å². The van der Waals surface area contributed by atoms with E-state index in [4.69, 9.17) is 5.73 Å². The lowest BCUT2D eigenvalue weighted by Gasteiger charge is -2.08. The normalized spacial score (nSPS) is 10.1. The average Bonchev–Trinajstić information content (AvgIpc) is 2.91.